The van der Waals surface area contributed by atoms with Crippen molar-refractivity contribution in [3.8, 4) is 0 Å². The Morgan fingerprint density at radius 2 is 1.93 bits per heavy atom. The van der Waals surface area contributed by atoms with Gasteiger partial charge in [-0.1, -0.05) is 19.8 Å². The van der Waals surface area contributed by atoms with Gasteiger partial charge in [-0.05, 0) is 44.1 Å². The molecule has 1 heterocycles. The summed E-state index contributed by atoms with van der Waals surface area (Å²) in [7, 11) is 0. The minimum absolute atomic E-state index is 0.0831. The van der Waals surface area contributed by atoms with E-state index in [1.165, 1.54) is 32.1 Å². The van der Waals surface area contributed by atoms with E-state index in [9.17, 15) is 5.11 Å². The third-order valence-corrected chi connectivity index (χ3v) is 4.00. The van der Waals surface area contributed by atoms with Gasteiger partial charge in [-0.15, -0.1) is 0 Å². The second kappa shape index (κ2) is 4.63. The Labute approximate surface area is 87.1 Å². The van der Waals surface area contributed by atoms with Crippen LogP contribution in [0.1, 0.15) is 45.4 Å². The van der Waals surface area contributed by atoms with Crippen LogP contribution in [0.25, 0.3) is 0 Å². The van der Waals surface area contributed by atoms with E-state index >= 15 is 0 Å². The van der Waals surface area contributed by atoms with Crippen molar-refractivity contribution in [2.45, 2.75) is 57.6 Å². The molecule has 0 amide bonds. The lowest BCUT2D eigenvalue weighted by Crippen LogP contribution is -2.47. The maximum atomic E-state index is 10.2. The molecule has 1 saturated heterocycles. The average Bonchev–Trinajstić information content (AvgIpc) is 2.69. The lowest BCUT2D eigenvalue weighted by atomic mass is 9.85. The SMILES string of the molecule is CC1CCNC(C(O)C2CCCC2)C1. The van der Waals surface area contributed by atoms with Gasteiger partial charge in [0.05, 0.1) is 6.10 Å². The van der Waals surface area contributed by atoms with Crippen LogP contribution in [0.4, 0.5) is 0 Å². The van der Waals surface area contributed by atoms with Crippen molar-refractivity contribution in [1.82, 2.24) is 5.32 Å². The predicted octanol–water partition coefficient (Wildman–Crippen LogP) is 1.93. The molecule has 1 aliphatic heterocycles. The van der Waals surface area contributed by atoms with Crippen molar-refractivity contribution in [1.29, 1.82) is 0 Å². The van der Waals surface area contributed by atoms with E-state index < -0.39 is 0 Å². The first kappa shape index (κ1) is 10.4. The molecule has 2 aliphatic rings. The molecule has 0 spiro atoms. The van der Waals surface area contributed by atoms with Gasteiger partial charge >= 0.3 is 0 Å². The van der Waals surface area contributed by atoms with Crippen LogP contribution >= 0.6 is 0 Å². The summed E-state index contributed by atoms with van der Waals surface area (Å²) in [5.41, 5.74) is 0. The van der Waals surface area contributed by atoms with Crippen molar-refractivity contribution >= 4 is 0 Å². The minimum atomic E-state index is -0.0831. The van der Waals surface area contributed by atoms with Gasteiger partial charge in [-0.2, -0.15) is 0 Å². The summed E-state index contributed by atoms with van der Waals surface area (Å²) >= 11 is 0. The highest BCUT2D eigenvalue weighted by Gasteiger charge is 2.31. The molecule has 3 atom stereocenters. The topological polar surface area (TPSA) is 32.3 Å². The van der Waals surface area contributed by atoms with E-state index in [-0.39, 0.29) is 6.10 Å². The fourth-order valence-corrected chi connectivity index (χ4v) is 3.04. The standard InChI is InChI=1S/C12H23NO/c1-9-6-7-13-11(8-9)12(14)10-4-2-3-5-10/h9-14H,2-8H2,1H3. The Kier molecular flexibility index (Phi) is 3.45. The third kappa shape index (κ3) is 2.29. The molecule has 2 heteroatoms. The van der Waals surface area contributed by atoms with E-state index in [1.807, 2.05) is 0 Å². The molecule has 3 unspecified atom stereocenters. The van der Waals surface area contributed by atoms with Crippen molar-refractivity contribution in [2.75, 3.05) is 6.54 Å². The van der Waals surface area contributed by atoms with E-state index in [1.54, 1.807) is 0 Å². The maximum Gasteiger partial charge on any atom is 0.0721 e. The van der Waals surface area contributed by atoms with Crippen molar-refractivity contribution in [3.05, 3.63) is 0 Å². The van der Waals surface area contributed by atoms with Crippen LogP contribution in [0.5, 0.6) is 0 Å². The monoisotopic (exact) mass is 197 g/mol. The number of aliphatic hydroxyl groups is 1. The molecule has 0 aromatic carbocycles. The van der Waals surface area contributed by atoms with Gasteiger partial charge in [-0.25, -0.2) is 0 Å². The van der Waals surface area contributed by atoms with E-state index in [0.717, 1.165) is 18.9 Å². The molecule has 0 bridgehead atoms. The van der Waals surface area contributed by atoms with Gasteiger partial charge < -0.3 is 10.4 Å². The number of aliphatic hydroxyl groups excluding tert-OH is 1. The molecule has 1 aliphatic carbocycles. The first-order chi connectivity index (χ1) is 6.77. The minimum Gasteiger partial charge on any atom is -0.391 e. The van der Waals surface area contributed by atoms with E-state index in [2.05, 4.69) is 12.2 Å². The molecule has 2 fully saturated rings. The molecular weight excluding hydrogens is 174 g/mol. The van der Waals surface area contributed by atoms with Crippen LogP contribution in [0, 0.1) is 11.8 Å². The Morgan fingerprint density at radius 3 is 2.57 bits per heavy atom. The number of piperidine rings is 1. The summed E-state index contributed by atoms with van der Waals surface area (Å²) in [6, 6.07) is 0.377. The first-order valence-corrected chi connectivity index (χ1v) is 6.19. The lowest BCUT2D eigenvalue weighted by molar-refractivity contribution is 0.0523. The van der Waals surface area contributed by atoms with Crippen molar-refractivity contribution in [2.24, 2.45) is 11.8 Å². The summed E-state index contributed by atoms with van der Waals surface area (Å²) < 4.78 is 0. The first-order valence-electron chi connectivity index (χ1n) is 6.19. The molecule has 2 N–H and O–H groups in total. The number of hydrogen-bond acceptors (Lipinski definition) is 2. The average molecular weight is 197 g/mol. The Morgan fingerprint density at radius 1 is 1.21 bits per heavy atom. The number of hydrogen-bond donors (Lipinski definition) is 2. The summed E-state index contributed by atoms with van der Waals surface area (Å²) in [5, 5.41) is 13.7. The predicted molar refractivity (Wildman–Crippen MR) is 58.2 cm³/mol. The summed E-state index contributed by atoms with van der Waals surface area (Å²) in [5.74, 6) is 1.37. The van der Waals surface area contributed by atoms with Crippen LogP contribution < -0.4 is 5.32 Å². The Hall–Kier alpha value is -0.0800. The second-order valence-corrected chi connectivity index (χ2v) is 5.23. The van der Waals surface area contributed by atoms with Crippen LogP contribution in [0.15, 0.2) is 0 Å². The summed E-state index contributed by atoms with van der Waals surface area (Å²) in [6.07, 6.45) is 7.49. The van der Waals surface area contributed by atoms with Crippen LogP contribution in [-0.2, 0) is 0 Å². The van der Waals surface area contributed by atoms with Gasteiger partial charge in [0.1, 0.15) is 0 Å². The van der Waals surface area contributed by atoms with Crippen molar-refractivity contribution in [3.63, 3.8) is 0 Å². The van der Waals surface area contributed by atoms with Gasteiger partial charge in [0.25, 0.3) is 0 Å². The molecule has 0 aromatic rings. The number of rotatable bonds is 2. The third-order valence-electron chi connectivity index (χ3n) is 4.00. The highest BCUT2D eigenvalue weighted by Crippen LogP contribution is 2.31. The van der Waals surface area contributed by atoms with Crippen LogP contribution in [0.3, 0.4) is 0 Å². The molecule has 2 nitrogen and oxygen atoms in total. The molecular formula is C12H23NO. The summed E-state index contributed by atoms with van der Waals surface area (Å²) in [6.45, 7) is 3.39. The van der Waals surface area contributed by atoms with Crippen LogP contribution in [0.2, 0.25) is 0 Å². The summed E-state index contributed by atoms with van der Waals surface area (Å²) in [4.78, 5) is 0. The molecule has 2 rings (SSSR count). The van der Waals surface area contributed by atoms with Gasteiger partial charge in [0.2, 0.25) is 0 Å². The lowest BCUT2D eigenvalue weighted by Gasteiger charge is -2.34. The molecule has 82 valence electrons. The zero-order valence-corrected chi connectivity index (χ0v) is 9.21. The smallest absolute Gasteiger partial charge is 0.0721 e. The maximum absolute atomic E-state index is 10.2. The fourth-order valence-electron chi connectivity index (χ4n) is 3.04. The highest BCUT2D eigenvalue weighted by atomic mass is 16.3. The zero-order valence-electron chi connectivity index (χ0n) is 9.21. The second-order valence-electron chi connectivity index (χ2n) is 5.23. The van der Waals surface area contributed by atoms with E-state index in [4.69, 9.17) is 0 Å². The van der Waals surface area contributed by atoms with E-state index in [0.29, 0.717) is 12.0 Å². The van der Waals surface area contributed by atoms with Gasteiger partial charge in [0, 0.05) is 6.04 Å². The van der Waals surface area contributed by atoms with Gasteiger partial charge in [0.15, 0.2) is 0 Å². The molecule has 1 saturated carbocycles. The van der Waals surface area contributed by atoms with Crippen molar-refractivity contribution < 1.29 is 5.11 Å². The Balaban J connectivity index is 1.86. The fraction of sp³-hybridized carbons (Fsp3) is 1.00. The number of nitrogens with one attached hydrogen (secondary N) is 1. The molecule has 0 aromatic heterocycles. The highest BCUT2D eigenvalue weighted by molar-refractivity contribution is 4.87. The van der Waals surface area contributed by atoms with Crippen LogP contribution in [-0.4, -0.2) is 23.8 Å². The molecule has 14 heavy (non-hydrogen) atoms. The quantitative estimate of drug-likeness (QED) is 0.709. The van der Waals surface area contributed by atoms with Gasteiger partial charge in [-0.3, -0.25) is 0 Å². The molecule has 0 radical (unpaired) electrons. The Bertz CT molecular complexity index is 177. The largest absolute Gasteiger partial charge is 0.391 e. The normalized spacial score (nSPS) is 37.3. The zero-order chi connectivity index (χ0) is 9.97.